The van der Waals surface area contributed by atoms with Gasteiger partial charge < -0.3 is 9.64 Å². The molecule has 0 bridgehead atoms. The van der Waals surface area contributed by atoms with Gasteiger partial charge in [-0.05, 0) is 12.1 Å². The number of benzene rings is 1. The minimum atomic E-state index is -0.209. The predicted octanol–water partition coefficient (Wildman–Crippen LogP) is 2.24. The van der Waals surface area contributed by atoms with E-state index in [-0.39, 0.29) is 24.2 Å². The van der Waals surface area contributed by atoms with Crippen molar-refractivity contribution in [2.24, 2.45) is 0 Å². The molecule has 2 aromatic rings. The molecule has 132 valence electrons. The molecule has 1 aromatic heterocycles. The molecule has 2 amide bonds. The molecule has 3 heterocycles. The second-order valence-corrected chi connectivity index (χ2v) is 6.61. The van der Waals surface area contributed by atoms with Crippen LogP contribution in [0, 0.1) is 0 Å². The summed E-state index contributed by atoms with van der Waals surface area (Å²) >= 11 is 1.60. The molecular formula is C17H18ClN3O3S. The van der Waals surface area contributed by atoms with Gasteiger partial charge in [0.05, 0.1) is 30.0 Å². The second kappa shape index (κ2) is 7.51. The number of imide groups is 1. The normalized spacial score (nSPS) is 16.8. The number of hydrogen-bond acceptors (Lipinski definition) is 6. The Morgan fingerprint density at radius 2 is 1.72 bits per heavy atom. The quantitative estimate of drug-likeness (QED) is 0.762. The molecular weight excluding hydrogens is 362 g/mol. The lowest BCUT2D eigenvalue weighted by atomic mass is 10.1. The van der Waals surface area contributed by atoms with Gasteiger partial charge in [-0.2, -0.15) is 0 Å². The number of halogens is 1. The van der Waals surface area contributed by atoms with Gasteiger partial charge in [0.15, 0.2) is 5.13 Å². The number of carbonyl (C=O) groups excluding carboxylic acids is 2. The molecule has 2 aliphatic heterocycles. The molecule has 0 radical (unpaired) electrons. The first-order valence-corrected chi connectivity index (χ1v) is 8.84. The molecule has 0 unspecified atom stereocenters. The zero-order valence-corrected chi connectivity index (χ0v) is 15.1. The van der Waals surface area contributed by atoms with Crippen LogP contribution in [0.15, 0.2) is 29.6 Å². The van der Waals surface area contributed by atoms with Crippen molar-refractivity contribution >= 4 is 40.7 Å². The molecule has 1 saturated heterocycles. The Kier molecular flexibility index (Phi) is 5.36. The lowest BCUT2D eigenvalue weighted by molar-refractivity contribution is 0.0656. The number of amides is 2. The molecule has 0 aliphatic carbocycles. The molecule has 1 aromatic carbocycles. The number of rotatable bonds is 4. The summed E-state index contributed by atoms with van der Waals surface area (Å²) in [6.07, 6.45) is 0.576. The van der Waals surface area contributed by atoms with Gasteiger partial charge in [0, 0.05) is 31.4 Å². The molecule has 1 fully saturated rings. The topological polar surface area (TPSA) is 62.7 Å². The van der Waals surface area contributed by atoms with Gasteiger partial charge in [0.1, 0.15) is 0 Å². The van der Waals surface area contributed by atoms with E-state index >= 15 is 0 Å². The fourth-order valence-corrected chi connectivity index (χ4v) is 3.89. The van der Waals surface area contributed by atoms with Crippen molar-refractivity contribution in [1.82, 2.24) is 9.88 Å². The van der Waals surface area contributed by atoms with Crippen molar-refractivity contribution in [1.29, 1.82) is 0 Å². The number of thiazole rings is 1. The number of nitrogens with zero attached hydrogens (tertiary/aromatic N) is 3. The van der Waals surface area contributed by atoms with Gasteiger partial charge in [0.2, 0.25) is 0 Å². The van der Waals surface area contributed by atoms with Gasteiger partial charge in [0.25, 0.3) is 11.8 Å². The molecule has 8 heteroatoms. The summed E-state index contributed by atoms with van der Waals surface area (Å²) in [5.41, 5.74) is 1.91. The van der Waals surface area contributed by atoms with E-state index in [9.17, 15) is 9.59 Å². The number of ether oxygens (including phenoxy) is 1. The van der Waals surface area contributed by atoms with Crippen molar-refractivity contribution in [3.63, 3.8) is 0 Å². The van der Waals surface area contributed by atoms with E-state index in [1.54, 1.807) is 35.6 Å². The van der Waals surface area contributed by atoms with Crippen LogP contribution in [0.1, 0.15) is 26.4 Å². The van der Waals surface area contributed by atoms with E-state index in [0.717, 1.165) is 37.1 Å². The largest absolute Gasteiger partial charge is 0.378 e. The lowest BCUT2D eigenvalue weighted by Gasteiger charge is -2.26. The number of hydrogen-bond donors (Lipinski definition) is 0. The van der Waals surface area contributed by atoms with E-state index in [4.69, 9.17) is 4.74 Å². The van der Waals surface area contributed by atoms with Gasteiger partial charge >= 0.3 is 0 Å². The van der Waals surface area contributed by atoms with E-state index in [1.807, 2.05) is 5.38 Å². The third-order valence-corrected chi connectivity index (χ3v) is 5.24. The van der Waals surface area contributed by atoms with E-state index in [0.29, 0.717) is 24.1 Å². The van der Waals surface area contributed by atoms with Crippen molar-refractivity contribution in [2.45, 2.75) is 6.42 Å². The highest BCUT2D eigenvalue weighted by Gasteiger charge is 2.34. The Morgan fingerprint density at radius 1 is 1.08 bits per heavy atom. The van der Waals surface area contributed by atoms with E-state index in [2.05, 4.69) is 9.88 Å². The number of morpholine rings is 1. The van der Waals surface area contributed by atoms with Gasteiger partial charge in [-0.1, -0.05) is 12.1 Å². The Bertz CT molecular complexity index is 754. The first-order valence-electron chi connectivity index (χ1n) is 7.96. The van der Waals surface area contributed by atoms with Crippen LogP contribution in [0.3, 0.4) is 0 Å². The standard InChI is InChI=1S/C17H17N3O3S.ClH/c21-15-13-3-1-2-4-14(13)16(22)20(15)6-5-12-11-24-17(18-12)19-7-9-23-10-8-19;/h1-4,11H,5-10H2;1H. The van der Waals surface area contributed by atoms with E-state index < -0.39 is 0 Å². The Morgan fingerprint density at radius 3 is 2.36 bits per heavy atom. The molecule has 2 aliphatic rings. The predicted molar refractivity (Wildman–Crippen MR) is 97.9 cm³/mol. The second-order valence-electron chi connectivity index (χ2n) is 5.78. The minimum Gasteiger partial charge on any atom is -0.378 e. The maximum atomic E-state index is 12.3. The molecule has 25 heavy (non-hydrogen) atoms. The summed E-state index contributed by atoms with van der Waals surface area (Å²) in [6, 6.07) is 6.97. The van der Waals surface area contributed by atoms with Gasteiger partial charge in [-0.3, -0.25) is 14.5 Å². The Hall–Kier alpha value is -1.96. The van der Waals surface area contributed by atoms with Gasteiger partial charge in [-0.25, -0.2) is 4.98 Å². The molecule has 6 nitrogen and oxygen atoms in total. The highest BCUT2D eigenvalue weighted by Crippen LogP contribution is 2.24. The summed E-state index contributed by atoms with van der Waals surface area (Å²) < 4.78 is 5.35. The molecule has 0 N–H and O–H groups in total. The number of fused-ring (bicyclic) bond motifs is 1. The Balaban J connectivity index is 0.00000182. The highest BCUT2D eigenvalue weighted by atomic mass is 35.5. The lowest BCUT2D eigenvalue weighted by Crippen LogP contribution is -2.36. The number of aromatic nitrogens is 1. The van der Waals surface area contributed by atoms with Crippen LogP contribution < -0.4 is 4.90 Å². The maximum absolute atomic E-state index is 12.3. The summed E-state index contributed by atoms with van der Waals surface area (Å²) in [6.45, 7) is 3.52. The molecule has 0 atom stereocenters. The van der Waals surface area contributed by atoms with Crippen molar-refractivity contribution < 1.29 is 14.3 Å². The van der Waals surface area contributed by atoms with Crippen LogP contribution in [-0.2, 0) is 11.2 Å². The van der Waals surface area contributed by atoms with Crippen molar-refractivity contribution in [3.8, 4) is 0 Å². The van der Waals surface area contributed by atoms with Crippen LogP contribution in [0.25, 0.3) is 0 Å². The summed E-state index contributed by atoms with van der Waals surface area (Å²) in [4.78, 5) is 32.9. The SMILES string of the molecule is Cl.O=C1c2ccccc2C(=O)N1CCc1csc(N2CCOCC2)n1. The minimum absolute atomic E-state index is 0. The summed E-state index contributed by atoms with van der Waals surface area (Å²) in [7, 11) is 0. The average Bonchev–Trinajstić information content (AvgIpc) is 3.19. The smallest absolute Gasteiger partial charge is 0.261 e. The highest BCUT2D eigenvalue weighted by molar-refractivity contribution is 7.13. The molecule has 0 spiro atoms. The third kappa shape index (κ3) is 3.40. The van der Waals surface area contributed by atoms with Crippen molar-refractivity contribution in [2.75, 3.05) is 37.7 Å². The zero-order chi connectivity index (χ0) is 16.5. The Labute approximate surface area is 155 Å². The monoisotopic (exact) mass is 379 g/mol. The number of carbonyl (C=O) groups is 2. The zero-order valence-electron chi connectivity index (χ0n) is 13.5. The fourth-order valence-electron chi connectivity index (χ4n) is 2.98. The van der Waals surface area contributed by atoms with Crippen LogP contribution in [0.4, 0.5) is 5.13 Å². The van der Waals surface area contributed by atoms with Crippen LogP contribution in [0.5, 0.6) is 0 Å². The maximum Gasteiger partial charge on any atom is 0.261 e. The molecule has 0 saturated carbocycles. The van der Waals surface area contributed by atoms with Crippen LogP contribution >= 0.6 is 23.7 Å². The van der Waals surface area contributed by atoms with Crippen LogP contribution in [-0.4, -0.2) is 54.5 Å². The first-order chi connectivity index (χ1) is 11.7. The first kappa shape index (κ1) is 17.8. The average molecular weight is 380 g/mol. The van der Waals surface area contributed by atoms with Crippen molar-refractivity contribution in [3.05, 3.63) is 46.5 Å². The summed E-state index contributed by atoms with van der Waals surface area (Å²) in [5, 5.41) is 2.99. The third-order valence-electron chi connectivity index (χ3n) is 4.29. The number of anilines is 1. The summed E-state index contributed by atoms with van der Waals surface area (Å²) in [5.74, 6) is -0.418. The fraction of sp³-hybridized carbons (Fsp3) is 0.353. The molecule has 4 rings (SSSR count). The van der Waals surface area contributed by atoms with Crippen LogP contribution in [0.2, 0.25) is 0 Å². The van der Waals surface area contributed by atoms with Gasteiger partial charge in [-0.15, -0.1) is 23.7 Å². The van der Waals surface area contributed by atoms with E-state index in [1.165, 1.54) is 4.90 Å².